The minimum absolute atomic E-state index is 0.488. The molecule has 1 aliphatic rings. The van der Waals surface area contributed by atoms with Gasteiger partial charge in [0.1, 0.15) is 17.5 Å². The molecule has 0 atom stereocenters. The fraction of sp³-hybridized carbons (Fsp3) is 0.714. The summed E-state index contributed by atoms with van der Waals surface area (Å²) in [6.07, 6.45) is 3.75. The van der Waals surface area contributed by atoms with Gasteiger partial charge in [0.25, 0.3) is 0 Å². The average Bonchev–Trinajstić information content (AvgIpc) is 3.07. The third-order valence-corrected chi connectivity index (χ3v) is 3.59. The third kappa shape index (κ3) is 3.12. The van der Waals surface area contributed by atoms with E-state index in [9.17, 15) is 0 Å². The van der Waals surface area contributed by atoms with Crippen LogP contribution in [0.1, 0.15) is 44.5 Å². The summed E-state index contributed by atoms with van der Waals surface area (Å²) in [7, 11) is 0. The van der Waals surface area contributed by atoms with E-state index in [1.165, 1.54) is 12.8 Å². The molecule has 1 aliphatic carbocycles. The first-order valence-corrected chi connectivity index (χ1v) is 6.87. The fourth-order valence-electron chi connectivity index (χ4n) is 1.90. The number of hydrogen-bond acceptors (Lipinski definition) is 4. The van der Waals surface area contributed by atoms with Crippen molar-refractivity contribution in [3.8, 4) is 0 Å². The molecule has 100 valence electrons. The summed E-state index contributed by atoms with van der Waals surface area (Å²) < 4.78 is 0. The van der Waals surface area contributed by atoms with E-state index in [1.54, 1.807) is 0 Å². The Kier molecular flexibility index (Phi) is 3.73. The maximum absolute atomic E-state index is 4.51. The predicted molar refractivity (Wildman–Crippen MR) is 76.1 cm³/mol. The van der Waals surface area contributed by atoms with Gasteiger partial charge in [-0.1, -0.05) is 13.8 Å². The second-order valence-corrected chi connectivity index (χ2v) is 5.68. The van der Waals surface area contributed by atoms with Gasteiger partial charge in [0, 0.05) is 18.7 Å². The molecule has 4 heteroatoms. The van der Waals surface area contributed by atoms with Gasteiger partial charge in [-0.2, -0.15) is 0 Å². The molecule has 0 saturated heterocycles. The van der Waals surface area contributed by atoms with Crippen LogP contribution in [0.2, 0.25) is 0 Å². The fourth-order valence-corrected chi connectivity index (χ4v) is 1.90. The van der Waals surface area contributed by atoms with Crippen molar-refractivity contribution in [1.29, 1.82) is 0 Å². The van der Waals surface area contributed by atoms with Crippen LogP contribution in [0.25, 0.3) is 0 Å². The van der Waals surface area contributed by atoms with Crippen molar-refractivity contribution in [1.82, 2.24) is 9.97 Å². The summed E-state index contributed by atoms with van der Waals surface area (Å²) in [5, 5.41) is 6.85. The van der Waals surface area contributed by atoms with Crippen molar-refractivity contribution < 1.29 is 0 Å². The Balaban J connectivity index is 2.10. The number of aryl methyl sites for hydroxylation is 1. The van der Waals surface area contributed by atoms with Gasteiger partial charge in [-0.3, -0.25) is 0 Å². The molecule has 1 aromatic rings. The van der Waals surface area contributed by atoms with Gasteiger partial charge < -0.3 is 10.6 Å². The van der Waals surface area contributed by atoms with Crippen molar-refractivity contribution in [3.05, 3.63) is 11.4 Å². The van der Waals surface area contributed by atoms with Gasteiger partial charge >= 0.3 is 0 Å². The predicted octanol–water partition coefficient (Wildman–Crippen LogP) is 3.13. The summed E-state index contributed by atoms with van der Waals surface area (Å²) in [5.41, 5.74) is 1.61. The zero-order valence-corrected chi connectivity index (χ0v) is 11.9. The molecule has 0 unspecified atom stereocenters. The van der Waals surface area contributed by atoms with E-state index in [2.05, 4.69) is 41.4 Å². The Morgan fingerprint density at radius 3 is 2.28 bits per heavy atom. The van der Waals surface area contributed by atoms with E-state index >= 15 is 0 Å². The van der Waals surface area contributed by atoms with Gasteiger partial charge in [0.2, 0.25) is 0 Å². The van der Waals surface area contributed by atoms with E-state index in [4.69, 9.17) is 0 Å². The van der Waals surface area contributed by atoms with Crippen LogP contribution in [-0.2, 0) is 0 Å². The molecule has 0 amide bonds. The minimum atomic E-state index is 0.488. The second-order valence-electron chi connectivity index (χ2n) is 5.68. The summed E-state index contributed by atoms with van der Waals surface area (Å²) >= 11 is 0. The molecule has 1 heterocycles. The highest BCUT2D eigenvalue weighted by Crippen LogP contribution is 2.44. The largest absolute Gasteiger partial charge is 0.370 e. The smallest absolute Gasteiger partial charge is 0.134 e. The van der Waals surface area contributed by atoms with E-state index < -0.39 is 0 Å². The quantitative estimate of drug-likeness (QED) is 0.812. The van der Waals surface area contributed by atoms with Gasteiger partial charge in [0.15, 0.2) is 0 Å². The molecule has 0 aromatic carbocycles. The molecule has 1 aromatic heterocycles. The summed E-state index contributed by atoms with van der Waals surface area (Å²) in [6.45, 7) is 10.5. The van der Waals surface area contributed by atoms with Crippen LogP contribution in [-0.4, -0.2) is 23.1 Å². The summed E-state index contributed by atoms with van der Waals surface area (Å²) in [5.74, 6) is 2.77. The highest BCUT2D eigenvalue weighted by molar-refractivity contribution is 5.57. The molecule has 0 radical (unpaired) electrons. The lowest BCUT2D eigenvalue weighted by Gasteiger charge is -2.16. The van der Waals surface area contributed by atoms with Crippen molar-refractivity contribution in [2.45, 2.75) is 47.0 Å². The number of hydrogen-bond donors (Lipinski definition) is 2. The van der Waals surface area contributed by atoms with Crippen molar-refractivity contribution in [3.63, 3.8) is 0 Å². The Labute approximate surface area is 110 Å². The van der Waals surface area contributed by atoms with E-state index in [1.807, 2.05) is 6.92 Å². The molecule has 1 saturated carbocycles. The standard InChI is InChI=1S/C14H24N4/c1-5-8-15-12-10(2)13(18-11(3)17-12)16-9-14(4)6-7-14/h5-9H2,1-4H3,(H2,15,16,17,18). The topological polar surface area (TPSA) is 49.8 Å². The molecule has 2 N–H and O–H groups in total. The molecule has 4 nitrogen and oxygen atoms in total. The third-order valence-electron chi connectivity index (χ3n) is 3.59. The lowest BCUT2D eigenvalue weighted by Crippen LogP contribution is -2.16. The van der Waals surface area contributed by atoms with Crippen LogP contribution in [0.3, 0.4) is 0 Å². The molecular weight excluding hydrogens is 224 g/mol. The zero-order valence-electron chi connectivity index (χ0n) is 11.9. The Bertz CT molecular complexity index is 424. The Hall–Kier alpha value is -1.32. The van der Waals surface area contributed by atoms with Crippen LogP contribution in [0.15, 0.2) is 0 Å². The molecule has 0 aliphatic heterocycles. The van der Waals surface area contributed by atoms with E-state index in [0.717, 1.165) is 42.5 Å². The average molecular weight is 248 g/mol. The highest BCUT2D eigenvalue weighted by atomic mass is 15.1. The zero-order chi connectivity index (χ0) is 13.2. The Morgan fingerprint density at radius 2 is 1.72 bits per heavy atom. The van der Waals surface area contributed by atoms with Crippen molar-refractivity contribution in [2.75, 3.05) is 23.7 Å². The van der Waals surface area contributed by atoms with Gasteiger partial charge in [0.05, 0.1) is 0 Å². The number of anilines is 2. The maximum atomic E-state index is 4.51. The molecule has 0 bridgehead atoms. The minimum Gasteiger partial charge on any atom is -0.370 e. The molecule has 18 heavy (non-hydrogen) atoms. The van der Waals surface area contributed by atoms with E-state index in [-0.39, 0.29) is 0 Å². The first-order chi connectivity index (χ1) is 8.54. The van der Waals surface area contributed by atoms with Crippen LogP contribution in [0, 0.1) is 19.3 Å². The molecular formula is C14H24N4. The van der Waals surface area contributed by atoms with Gasteiger partial charge in [-0.05, 0) is 38.5 Å². The lowest BCUT2D eigenvalue weighted by molar-refractivity contribution is 0.608. The van der Waals surface area contributed by atoms with Crippen LogP contribution in [0.4, 0.5) is 11.6 Å². The lowest BCUT2D eigenvalue weighted by atomic mass is 10.1. The van der Waals surface area contributed by atoms with Crippen LogP contribution < -0.4 is 10.6 Å². The highest BCUT2D eigenvalue weighted by Gasteiger charge is 2.37. The van der Waals surface area contributed by atoms with Crippen molar-refractivity contribution >= 4 is 11.6 Å². The summed E-state index contributed by atoms with van der Waals surface area (Å²) in [6, 6.07) is 0. The number of nitrogens with zero attached hydrogens (tertiary/aromatic N) is 2. The summed E-state index contributed by atoms with van der Waals surface area (Å²) in [4.78, 5) is 8.98. The first-order valence-electron chi connectivity index (χ1n) is 6.87. The van der Waals surface area contributed by atoms with Crippen LogP contribution >= 0.6 is 0 Å². The van der Waals surface area contributed by atoms with Gasteiger partial charge in [-0.15, -0.1) is 0 Å². The molecule has 2 rings (SSSR count). The van der Waals surface area contributed by atoms with E-state index in [0.29, 0.717) is 5.41 Å². The first kappa shape index (κ1) is 13.1. The molecule has 0 spiro atoms. The normalized spacial score (nSPS) is 16.4. The van der Waals surface area contributed by atoms with Crippen molar-refractivity contribution in [2.24, 2.45) is 5.41 Å². The SMILES string of the molecule is CCCNc1nc(C)nc(NCC2(C)CC2)c1C. The monoisotopic (exact) mass is 248 g/mol. The number of rotatable bonds is 6. The second kappa shape index (κ2) is 5.12. The number of nitrogens with one attached hydrogen (secondary N) is 2. The van der Waals surface area contributed by atoms with Crippen LogP contribution in [0.5, 0.6) is 0 Å². The molecule has 1 fully saturated rings. The number of aromatic nitrogens is 2. The maximum Gasteiger partial charge on any atom is 0.134 e. The van der Waals surface area contributed by atoms with Gasteiger partial charge in [-0.25, -0.2) is 9.97 Å². The Morgan fingerprint density at radius 1 is 1.11 bits per heavy atom.